The Hall–Kier alpha value is -1.59. The number of hydrogen-bond donors (Lipinski definition) is 1. The van der Waals surface area contributed by atoms with Crippen molar-refractivity contribution in [1.29, 1.82) is 0 Å². The minimum atomic E-state index is -4.25. The van der Waals surface area contributed by atoms with E-state index in [-0.39, 0.29) is 0 Å². The summed E-state index contributed by atoms with van der Waals surface area (Å²) in [4.78, 5) is 5.82. The molecule has 0 amide bonds. The predicted molar refractivity (Wildman–Crippen MR) is 55.5 cm³/mol. The molecule has 0 spiro atoms. The van der Waals surface area contributed by atoms with E-state index in [1.54, 1.807) is 26.0 Å². The van der Waals surface area contributed by atoms with Gasteiger partial charge in [0.1, 0.15) is 0 Å². The van der Waals surface area contributed by atoms with Gasteiger partial charge in [0.25, 0.3) is 0 Å². The minimum Gasteiger partial charge on any atom is -0.337 e. The number of benzene rings is 1. The summed E-state index contributed by atoms with van der Waals surface area (Å²) in [6, 6.07) is 3.36. The van der Waals surface area contributed by atoms with Crippen molar-refractivity contribution >= 4 is 11.0 Å². The smallest absolute Gasteiger partial charge is 0.337 e. The number of aromatic amines is 1. The fraction of sp³-hybridized carbons (Fsp3) is 0.364. The van der Waals surface area contributed by atoms with Gasteiger partial charge < -0.3 is 4.98 Å². The van der Waals surface area contributed by atoms with Gasteiger partial charge in [0.05, 0.1) is 11.0 Å². The normalized spacial score (nSPS) is 12.6. The van der Waals surface area contributed by atoms with Crippen LogP contribution >= 0.6 is 0 Å². The maximum Gasteiger partial charge on any atom is 0.363 e. The second-order valence-electron chi connectivity index (χ2n) is 3.99. The summed E-state index contributed by atoms with van der Waals surface area (Å²) in [6.07, 6.45) is -3.77. The minimum absolute atomic E-state index is 0.297. The van der Waals surface area contributed by atoms with Crippen LogP contribution in [0, 0.1) is 13.8 Å². The van der Waals surface area contributed by atoms with E-state index in [0.717, 1.165) is 5.56 Å². The zero-order valence-corrected chi connectivity index (χ0v) is 9.19. The summed E-state index contributed by atoms with van der Waals surface area (Å²) < 4.78 is 50.6. The lowest BCUT2D eigenvalue weighted by Gasteiger charge is -2.11. The molecule has 0 unspecified atom stereocenters. The number of nitrogens with one attached hydrogen (secondary N) is 1. The summed E-state index contributed by atoms with van der Waals surface area (Å²) in [5.74, 6) is -5.24. The van der Waals surface area contributed by atoms with Crippen molar-refractivity contribution in [2.45, 2.75) is 26.2 Å². The van der Waals surface area contributed by atoms with Crippen LogP contribution in [0.2, 0.25) is 0 Å². The zero-order chi connectivity index (χ0) is 12.8. The highest BCUT2D eigenvalue weighted by atomic mass is 19.3. The van der Waals surface area contributed by atoms with E-state index in [1.807, 2.05) is 0 Å². The fourth-order valence-electron chi connectivity index (χ4n) is 1.73. The first-order valence-corrected chi connectivity index (χ1v) is 4.95. The molecule has 2 nitrogen and oxygen atoms in total. The first-order chi connectivity index (χ1) is 7.82. The number of halogens is 4. The van der Waals surface area contributed by atoms with E-state index >= 15 is 0 Å². The molecule has 1 aromatic heterocycles. The average molecular weight is 246 g/mol. The van der Waals surface area contributed by atoms with Crippen LogP contribution in [0.5, 0.6) is 0 Å². The number of alkyl halides is 4. The van der Waals surface area contributed by atoms with Crippen molar-refractivity contribution in [3.05, 3.63) is 29.1 Å². The average Bonchev–Trinajstić information content (AvgIpc) is 2.61. The van der Waals surface area contributed by atoms with Crippen molar-refractivity contribution in [3.63, 3.8) is 0 Å². The third-order valence-electron chi connectivity index (χ3n) is 2.51. The maximum atomic E-state index is 13.1. The lowest BCUT2D eigenvalue weighted by Crippen LogP contribution is -2.25. The van der Waals surface area contributed by atoms with Gasteiger partial charge in [-0.1, -0.05) is 6.07 Å². The van der Waals surface area contributed by atoms with Gasteiger partial charge >= 0.3 is 12.3 Å². The molecule has 0 bridgehead atoms. The van der Waals surface area contributed by atoms with Crippen LogP contribution in [-0.2, 0) is 5.92 Å². The van der Waals surface area contributed by atoms with Crippen LogP contribution < -0.4 is 0 Å². The Bertz CT molecular complexity index is 560. The van der Waals surface area contributed by atoms with Gasteiger partial charge in [-0.15, -0.1) is 0 Å². The van der Waals surface area contributed by atoms with Crippen molar-refractivity contribution in [2.24, 2.45) is 0 Å². The molecule has 6 heteroatoms. The molecule has 0 atom stereocenters. The fourth-order valence-corrected chi connectivity index (χ4v) is 1.73. The zero-order valence-electron chi connectivity index (χ0n) is 9.19. The number of hydrogen-bond acceptors (Lipinski definition) is 1. The summed E-state index contributed by atoms with van der Waals surface area (Å²) in [6.45, 7) is 3.48. The molecule has 2 aromatic rings. The lowest BCUT2D eigenvalue weighted by atomic mass is 10.1. The van der Waals surface area contributed by atoms with E-state index in [0.29, 0.717) is 16.6 Å². The Morgan fingerprint density at radius 2 is 1.88 bits per heavy atom. The highest BCUT2D eigenvalue weighted by Gasteiger charge is 2.45. The number of aromatic nitrogens is 2. The lowest BCUT2D eigenvalue weighted by molar-refractivity contribution is -0.140. The van der Waals surface area contributed by atoms with Gasteiger partial charge in [-0.05, 0) is 31.0 Å². The van der Waals surface area contributed by atoms with Gasteiger partial charge in [-0.25, -0.2) is 13.8 Å². The van der Waals surface area contributed by atoms with E-state index < -0.39 is 18.2 Å². The quantitative estimate of drug-likeness (QED) is 0.807. The molecule has 0 saturated heterocycles. The number of nitrogens with zero attached hydrogens (tertiary/aromatic N) is 1. The van der Waals surface area contributed by atoms with Gasteiger partial charge in [-0.3, -0.25) is 0 Å². The molecule has 1 aromatic carbocycles. The summed E-state index contributed by atoms with van der Waals surface area (Å²) in [5.41, 5.74) is 2.17. The number of fused-ring (bicyclic) bond motifs is 1. The molecular formula is C11H10F4N2. The SMILES string of the molecule is Cc1cc(C)c2nc(C(F)(F)C(F)F)[nH]c2c1. The first-order valence-electron chi connectivity index (χ1n) is 4.95. The molecule has 1 heterocycles. The van der Waals surface area contributed by atoms with Crippen molar-refractivity contribution < 1.29 is 17.6 Å². The molecule has 0 saturated carbocycles. The van der Waals surface area contributed by atoms with Crippen LogP contribution in [0.25, 0.3) is 11.0 Å². The topological polar surface area (TPSA) is 28.7 Å². The number of aryl methyl sites for hydroxylation is 2. The van der Waals surface area contributed by atoms with E-state index in [2.05, 4.69) is 9.97 Å². The van der Waals surface area contributed by atoms with Gasteiger partial charge in [0, 0.05) is 0 Å². The van der Waals surface area contributed by atoms with E-state index in [4.69, 9.17) is 0 Å². The Morgan fingerprint density at radius 1 is 1.24 bits per heavy atom. The van der Waals surface area contributed by atoms with Crippen molar-refractivity contribution in [2.75, 3.05) is 0 Å². The summed E-state index contributed by atoms with van der Waals surface area (Å²) >= 11 is 0. The summed E-state index contributed by atoms with van der Waals surface area (Å²) in [7, 11) is 0. The third kappa shape index (κ3) is 1.87. The summed E-state index contributed by atoms with van der Waals surface area (Å²) in [5, 5.41) is 0. The predicted octanol–water partition coefficient (Wildman–Crippen LogP) is 3.54. The number of imidazole rings is 1. The number of rotatable bonds is 2. The Morgan fingerprint density at radius 3 is 2.47 bits per heavy atom. The van der Waals surface area contributed by atoms with Gasteiger partial charge in [0.15, 0.2) is 5.82 Å². The second kappa shape index (κ2) is 3.72. The van der Waals surface area contributed by atoms with Crippen molar-refractivity contribution in [3.8, 4) is 0 Å². The van der Waals surface area contributed by atoms with E-state index in [1.165, 1.54) is 0 Å². The van der Waals surface area contributed by atoms with Crippen LogP contribution in [0.4, 0.5) is 17.6 Å². The highest BCUT2D eigenvalue weighted by Crippen LogP contribution is 2.34. The number of H-pyrrole nitrogens is 1. The molecule has 0 aliphatic carbocycles. The molecule has 1 N–H and O–H groups in total. The Kier molecular flexibility index (Phi) is 2.60. The Balaban J connectivity index is 2.63. The molecule has 2 rings (SSSR count). The second-order valence-corrected chi connectivity index (χ2v) is 3.99. The maximum absolute atomic E-state index is 13.1. The molecule has 0 fully saturated rings. The standard InChI is InChI=1S/C11H10F4N2/c1-5-3-6(2)8-7(4-5)16-10(17-8)11(14,15)9(12)13/h3-4,9H,1-2H3,(H,16,17). The first kappa shape index (κ1) is 11.9. The molecule has 17 heavy (non-hydrogen) atoms. The largest absolute Gasteiger partial charge is 0.363 e. The van der Waals surface area contributed by atoms with Crippen LogP contribution in [-0.4, -0.2) is 16.4 Å². The van der Waals surface area contributed by atoms with Gasteiger partial charge in [-0.2, -0.15) is 8.78 Å². The van der Waals surface area contributed by atoms with Crippen LogP contribution in [0.15, 0.2) is 12.1 Å². The van der Waals surface area contributed by atoms with Gasteiger partial charge in [0.2, 0.25) is 0 Å². The third-order valence-corrected chi connectivity index (χ3v) is 2.51. The molecule has 92 valence electrons. The van der Waals surface area contributed by atoms with Crippen LogP contribution in [0.3, 0.4) is 0 Å². The molecule has 0 aliphatic rings. The molecule has 0 aliphatic heterocycles. The highest BCUT2D eigenvalue weighted by molar-refractivity contribution is 5.79. The molecule has 0 radical (unpaired) electrons. The monoisotopic (exact) mass is 246 g/mol. The molecular weight excluding hydrogens is 236 g/mol. The van der Waals surface area contributed by atoms with Crippen LogP contribution in [0.1, 0.15) is 17.0 Å². The Labute approximate surface area is 94.7 Å². The van der Waals surface area contributed by atoms with Crippen molar-refractivity contribution in [1.82, 2.24) is 9.97 Å². The van der Waals surface area contributed by atoms with E-state index in [9.17, 15) is 17.6 Å².